The Balaban J connectivity index is 2.62. The summed E-state index contributed by atoms with van der Waals surface area (Å²) >= 11 is 3.54. The van der Waals surface area contributed by atoms with E-state index in [9.17, 15) is 0 Å². The van der Waals surface area contributed by atoms with Gasteiger partial charge in [-0.2, -0.15) is 0 Å². The van der Waals surface area contributed by atoms with E-state index in [1.165, 1.54) is 12.0 Å². The van der Waals surface area contributed by atoms with Crippen LogP contribution in [0, 0.1) is 5.92 Å². The van der Waals surface area contributed by atoms with E-state index in [-0.39, 0.29) is 0 Å². The minimum atomic E-state index is 0.518. The van der Waals surface area contributed by atoms with Crippen molar-refractivity contribution in [2.75, 3.05) is 20.3 Å². The maximum absolute atomic E-state index is 5.20. The first kappa shape index (κ1) is 16.7. The van der Waals surface area contributed by atoms with Gasteiger partial charge in [0.15, 0.2) is 0 Å². The number of hydrogen-bond donors (Lipinski definition) is 1. The third-order valence-corrected chi connectivity index (χ3v) is 3.96. The van der Waals surface area contributed by atoms with E-state index in [4.69, 9.17) is 4.74 Å². The molecule has 0 aliphatic carbocycles. The largest absolute Gasteiger partial charge is 0.385 e. The molecule has 0 saturated carbocycles. The summed E-state index contributed by atoms with van der Waals surface area (Å²) in [6, 6.07) is 9.12. The highest BCUT2D eigenvalue weighted by molar-refractivity contribution is 9.10. The summed E-state index contributed by atoms with van der Waals surface area (Å²) in [7, 11) is 1.77. The van der Waals surface area contributed by atoms with Crippen LogP contribution >= 0.6 is 15.9 Å². The number of nitrogens with one attached hydrogen (secondary N) is 1. The predicted octanol–water partition coefficient (Wildman–Crippen LogP) is 4.03. The lowest BCUT2D eigenvalue weighted by molar-refractivity contribution is 0.170. The van der Waals surface area contributed by atoms with Crippen LogP contribution in [0.5, 0.6) is 0 Å². The molecule has 19 heavy (non-hydrogen) atoms. The predicted molar refractivity (Wildman–Crippen MR) is 85.6 cm³/mol. The highest BCUT2D eigenvalue weighted by Crippen LogP contribution is 2.17. The summed E-state index contributed by atoms with van der Waals surface area (Å²) in [5.41, 5.74) is 1.38. The average Bonchev–Trinajstić information content (AvgIpc) is 2.40. The zero-order valence-corrected chi connectivity index (χ0v) is 13.9. The van der Waals surface area contributed by atoms with Crippen LogP contribution in [-0.2, 0) is 11.2 Å². The highest BCUT2D eigenvalue weighted by atomic mass is 79.9. The summed E-state index contributed by atoms with van der Waals surface area (Å²) in [4.78, 5) is 0. The normalized spacial score (nSPS) is 14.3. The van der Waals surface area contributed by atoms with E-state index < -0.39 is 0 Å². The van der Waals surface area contributed by atoms with Gasteiger partial charge in [0.2, 0.25) is 0 Å². The Morgan fingerprint density at radius 2 is 2.16 bits per heavy atom. The summed E-state index contributed by atoms with van der Waals surface area (Å²) < 4.78 is 6.36. The molecule has 2 unspecified atom stereocenters. The zero-order valence-electron chi connectivity index (χ0n) is 12.3. The molecule has 108 valence electrons. The number of methoxy groups -OCH3 is 1. The molecule has 0 aromatic heterocycles. The second-order valence-electron chi connectivity index (χ2n) is 5.15. The van der Waals surface area contributed by atoms with Gasteiger partial charge in [-0.1, -0.05) is 41.9 Å². The van der Waals surface area contributed by atoms with E-state index >= 15 is 0 Å². The third kappa shape index (κ3) is 6.55. The van der Waals surface area contributed by atoms with Gasteiger partial charge in [-0.3, -0.25) is 0 Å². The number of benzene rings is 1. The fourth-order valence-electron chi connectivity index (χ4n) is 2.23. The average molecular weight is 328 g/mol. The SMILES string of the molecule is CCCNC(Cc1cccc(Br)c1)C(C)CCOC. The Bertz CT molecular complexity index is 356. The summed E-state index contributed by atoms with van der Waals surface area (Å²) in [5.74, 6) is 0.616. The van der Waals surface area contributed by atoms with Crippen LogP contribution in [0.4, 0.5) is 0 Å². The molecule has 0 amide bonds. The Morgan fingerprint density at radius 3 is 2.79 bits per heavy atom. The van der Waals surface area contributed by atoms with Crippen molar-refractivity contribution >= 4 is 15.9 Å². The van der Waals surface area contributed by atoms with Crippen molar-refractivity contribution in [3.63, 3.8) is 0 Å². The Morgan fingerprint density at radius 1 is 1.37 bits per heavy atom. The number of halogens is 1. The first-order valence-electron chi connectivity index (χ1n) is 7.14. The minimum absolute atomic E-state index is 0.518. The molecule has 2 nitrogen and oxygen atoms in total. The number of rotatable bonds is 9. The van der Waals surface area contributed by atoms with E-state index in [2.05, 4.69) is 59.4 Å². The molecular formula is C16H26BrNO. The summed E-state index contributed by atoms with van der Waals surface area (Å²) in [5, 5.41) is 3.68. The van der Waals surface area contributed by atoms with E-state index in [1.54, 1.807) is 7.11 Å². The fraction of sp³-hybridized carbons (Fsp3) is 0.625. The van der Waals surface area contributed by atoms with Gasteiger partial charge >= 0.3 is 0 Å². The van der Waals surface area contributed by atoms with E-state index in [0.29, 0.717) is 12.0 Å². The molecule has 2 atom stereocenters. The van der Waals surface area contributed by atoms with Crippen molar-refractivity contribution in [3.8, 4) is 0 Å². The molecule has 1 aromatic carbocycles. The lowest BCUT2D eigenvalue weighted by atomic mass is 9.92. The van der Waals surface area contributed by atoms with Crippen molar-refractivity contribution < 1.29 is 4.74 Å². The molecule has 0 aliphatic heterocycles. The molecular weight excluding hydrogens is 302 g/mol. The maximum atomic E-state index is 5.20. The molecule has 1 aromatic rings. The topological polar surface area (TPSA) is 21.3 Å². The number of ether oxygens (including phenoxy) is 1. The summed E-state index contributed by atoms with van der Waals surface area (Å²) in [6.07, 6.45) is 3.35. The molecule has 3 heteroatoms. The van der Waals surface area contributed by atoms with Gasteiger partial charge in [0.25, 0.3) is 0 Å². The molecule has 0 spiro atoms. The molecule has 0 aliphatic rings. The molecule has 1 N–H and O–H groups in total. The van der Waals surface area contributed by atoms with Gasteiger partial charge < -0.3 is 10.1 Å². The molecule has 1 rings (SSSR count). The van der Waals surface area contributed by atoms with E-state index in [1.807, 2.05) is 0 Å². The van der Waals surface area contributed by atoms with E-state index in [0.717, 1.165) is 30.5 Å². The fourth-order valence-corrected chi connectivity index (χ4v) is 2.67. The summed E-state index contributed by atoms with van der Waals surface area (Å²) in [6.45, 7) is 6.44. The van der Waals surface area contributed by atoms with Crippen LogP contribution in [0.3, 0.4) is 0 Å². The van der Waals surface area contributed by atoms with Gasteiger partial charge in [-0.05, 0) is 49.4 Å². The van der Waals surface area contributed by atoms with Gasteiger partial charge in [-0.25, -0.2) is 0 Å². The van der Waals surface area contributed by atoms with Crippen molar-refractivity contribution in [1.82, 2.24) is 5.32 Å². The molecule has 0 heterocycles. The van der Waals surface area contributed by atoms with Gasteiger partial charge in [-0.15, -0.1) is 0 Å². The van der Waals surface area contributed by atoms with Crippen LogP contribution in [0.1, 0.15) is 32.3 Å². The lowest BCUT2D eigenvalue weighted by Gasteiger charge is -2.25. The van der Waals surface area contributed by atoms with Crippen molar-refractivity contribution in [3.05, 3.63) is 34.3 Å². The Hall–Kier alpha value is -0.380. The van der Waals surface area contributed by atoms with Crippen LogP contribution in [0.15, 0.2) is 28.7 Å². The monoisotopic (exact) mass is 327 g/mol. The van der Waals surface area contributed by atoms with Gasteiger partial charge in [0, 0.05) is 24.2 Å². The lowest BCUT2D eigenvalue weighted by Crippen LogP contribution is -2.37. The highest BCUT2D eigenvalue weighted by Gasteiger charge is 2.16. The second-order valence-corrected chi connectivity index (χ2v) is 6.07. The Labute approximate surface area is 126 Å². The first-order chi connectivity index (χ1) is 9.17. The first-order valence-corrected chi connectivity index (χ1v) is 7.93. The maximum Gasteiger partial charge on any atom is 0.0465 e. The molecule has 0 fully saturated rings. The van der Waals surface area contributed by atoms with Crippen LogP contribution in [-0.4, -0.2) is 26.3 Å². The van der Waals surface area contributed by atoms with Crippen LogP contribution < -0.4 is 5.32 Å². The molecule has 0 bridgehead atoms. The number of hydrogen-bond acceptors (Lipinski definition) is 2. The second kappa shape index (κ2) is 9.51. The third-order valence-electron chi connectivity index (χ3n) is 3.47. The standard InChI is InChI=1S/C16H26BrNO/c1-4-9-18-16(13(2)8-10-19-3)12-14-6-5-7-15(17)11-14/h5-7,11,13,16,18H,4,8-10,12H2,1-3H3. The van der Waals surface area contributed by atoms with Crippen molar-refractivity contribution in [2.45, 2.75) is 39.2 Å². The van der Waals surface area contributed by atoms with Crippen molar-refractivity contribution in [1.29, 1.82) is 0 Å². The smallest absolute Gasteiger partial charge is 0.0465 e. The molecule has 0 radical (unpaired) electrons. The van der Waals surface area contributed by atoms with Crippen molar-refractivity contribution in [2.24, 2.45) is 5.92 Å². The van der Waals surface area contributed by atoms with Crippen LogP contribution in [0.25, 0.3) is 0 Å². The van der Waals surface area contributed by atoms with Gasteiger partial charge in [0.05, 0.1) is 0 Å². The Kier molecular flexibility index (Phi) is 8.35. The minimum Gasteiger partial charge on any atom is -0.385 e. The van der Waals surface area contributed by atoms with Crippen LogP contribution in [0.2, 0.25) is 0 Å². The quantitative estimate of drug-likeness (QED) is 0.739. The van der Waals surface area contributed by atoms with Gasteiger partial charge in [0.1, 0.15) is 0 Å². The molecule has 0 saturated heterocycles. The zero-order chi connectivity index (χ0) is 14.1.